The zero-order valence-corrected chi connectivity index (χ0v) is 20.2. The summed E-state index contributed by atoms with van der Waals surface area (Å²) in [6, 6.07) is 19.3. The minimum Gasteiger partial charge on any atom is -0.376 e. The molecule has 0 bridgehead atoms. The molecular weight excluding hydrogens is 456 g/mol. The quantitative estimate of drug-likeness (QED) is 0.438. The maximum absolute atomic E-state index is 13.5. The van der Waals surface area contributed by atoms with E-state index in [1.54, 1.807) is 65.6 Å². The summed E-state index contributed by atoms with van der Waals surface area (Å²) >= 11 is 1.60. The van der Waals surface area contributed by atoms with Crippen LogP contribution in [0.2, 0.25) is 0 Å². The van der Waals surface area contributed by atoms with Gasteiger partial charge >= 0.3 is 0 Å². The first-order valence-corrected chi connectivity index (χ1v) is 13.4. The molecule has 0 spiro atoms. The summed E-state index contributed by atoms with van der Waals surface area (Å²) in [4.78, 5) is 16.5. The molecule has 4 rings (SSSR count). The van der Waals surface area contributed by atoms with E-state index >= 15 is 0 Å². The fourth-order valence-electron chi connectivity index (χ4n) is 4.03. The number of rotatable bonds is 9. The lowest BCUT2D eigenvalue weighted by atomic mass is 10.1. The van der Waals surface area contributed by atoms with E-state index in [2.05, 4.69) is 0 Å². The highest BCUT2D eigenvalue weighted by Gasteiger charge is 2.27. The molecule has 3 aromatic rings. The molecule has 1 amide bonds. The number of amides is 1. The number of nitrogens with zero attached hydrogens (tertiary/aromatic N) is 2. The number of para-hydroxylation sites is 1. The fraction of sp³-hybridized carbons (Fsp3) is 0.320. The van der Waals surface area contributed by atoms with E-state index in [0.717, 1.165) is 17.7 Å². The van der Waals surface area contributed by atoms with Crippen molar-refractivity contribution in [3.05, 3.63) is 82.6 Å². The number of carbonyl (C=O) groups is 1. The van der Waals surface area contributed by atoms with Crippen molar-refractivity contribution >= 4 is 33.0 Å². The zero-order chi connectivity index (χ0) is 23.3. The van der Waals surface area contributed by atoms with Crippen LogP contribution in [0.25, 0.3) is 0 Å². The van der Waals surface area contributed by atoms with Crippen LogP contribution in [0.5, 0.6) is 0 Å². The van der Waals surface area contributed by atoms with E-state index in [0.29, 0.717) is 30.9 Å². The smallest absolute Gasteiger partial charge is 0.264 e. The van der Waals surface area contributed by atoms with E-state index in [-0.39, 0.29) is 23.5 Å². The third-order valence-corrected chi connectivity index (χ3v) is 8.42. The van der Waals surface area contributed by atoms with Crippen molar-refractivity contribution in [2.75, 3.05) is 24.0 Å². The first kappa shape index (κ1) is 23.5. The van der Waals surface area contributed by atoms with Gasteiger partial charge in [0.25, 0.3) is 15.9 Å². The van der Waals surface area contributed by atoms with E-state index < -0.39 is 10.0 Å². The average Bonchev–Trinajstić information content (AvgIpc) is 3.54. The van der Waals surface area contributed by atoms with Crippen molar-refractivity contribution in [2.24, 2.45) is 0 Å². The van der Waals surface area contributed by atoms with Crippen LogP contribution in [0.1, 0.15) is 35.0 Å². The third kappa shape index (κ3) is 5.46. The van der Waals surface area contributed by atoms with Crippen molar-refractivity contribution in [1.29, 1.82) is 0 Å². The molecule has 1 fully saturated rings. The molecule has 8 heteroatoms. The second-order valence-electron chi connectivity index (χ2n) is 7.93. The molecule has 1 saturated heterocycles. The highest BCUT2D eigenvalue weighted by Crippen LogP contribution is 2.25. The number of hydrogen-bond donors (Lipinski definition) is 0. The highest BCUT2D eigenvalue weighted by molar-refractivity contribution is 7.92. The topological polar surface area (TPSA) is 66.9 Å². The number of anilines is 1. The molecule has 1 aliphatic rings. The van der Waals surface area contributed by atoms with Gasteiger partial charge in [0.05, 0.1) is 23.2 Å². The van der Waals surface area contributed by atoms with Gasteiger partial charge in [-0.3, -0.25) is 9.10 Å². The summed E-state index contributed by atoms with van der Waals surface area (Å²) in [5, 5.41) is 1.99. The van der Waals surface area contributed by atoms with Gasteiger partial charge in [0, 0.05) is 30.1 Å². The Morgan fingerprint density at radius 1 is 1.09 bits per heavy atom. The van der Waals surface area contributed by atoms with E-state index in [1.165, 1.54) is 10.4 Å². The lowest BCUT2D eigenvalue weighted by Gasteiger charge is -2.26. The van der Waals surface area contributed by atoms with Crippen LogP contribution < -0.4 is 4.31 Å². The van der Waals surface area contributed by atoms with Gasteiger partial charge in [-0.1, -0.05) is 30.3 Å². The largest absolute Gasteiger partial charge is 0.376 e. The number of hydrogen-bond acceptors (Lipinski definition) is 5. The number of sulfonamides is 1. The summed E-state index contributed by atoms with van der Waals surface area (Å²) in [5.41, 5.74) is 0.948. The van der Waals surface area contributed by atoms with Gasteiger partial charge in [0.1, 0.15) is 0 Å². The van der Waals surface area contributed by atoms with Gasteiger partial charge in [-0.25, -0.2) is 8.42 Å². The van der Waals surface area contributed by atoms with Crippen LogP contribution in [-0.2, 0) is 21.3 Å². The third-order valence-electron chi connectivity index (χ3n) is 5.66. The maximum Gasteiger partial charge on any atom is 0.264 e. The molecule has 1 atom stereocenters. The fourth-order valence-corrected chi connectivity index (χ4v) is 6.27. The Labute approximate surface area is 199 Å². The summed E-state index contributed by atoms with van der Waals surface area (Å²) in [6.45, 7) is 3.75. The summed E-state index contributed by atoms with van der Waals surface area (Å²) in [5.74, 6) is -0.196. The Morgan fingerprint density at radius 2 is 1.91 bits per heavy atom. The monoisotopic (exact) mass is 484 g/mol. The molecule has 0 aliphatic carbocycles. The number of carbonyl (C=O) groups excluding carboxylic acids is 1. The molecule has 0 N–H and O–H groups in total. The normalized spacial score (nSPS) is 16.0. The molecule has 1 aromatic heterocycles. The minimum absolute atomic E-state index is 0.00879. The highest BCUT2D eigenvalue weighted by atomic mass is 32.2. The van der Waals surface area contributed by atoms with Gasteiger partial charge in [0.15, 0.2) is 0 Å². The summed E-state index contributed by atoms with van der Waals surface area (Å²) < 4.78 is 34.0. The first-order valence-electron chi connectivity index (χ1n) is 11.1. The van der Waals surface area contributed by atoms with Crippen molar-refractivity contribution in [2.45, 2.75) is 37.3 Å². The van der Waals surface area contributed by atoms with Gasteiger partial charge in [-0.15, -0.1) is 11.3 Å². The van der Waals surface area contributed by atoms with Crippen molar-refractivity contribution < 1.29 is 17.9 Å². The molecule has 2 heterocycles. The molecule has 1 unspecified atom stereocenters. The molecule has 1 aliphatic heterocycles. The average molecular weight is 485 g/mol. The SMILES string of the molecule is CCN(c1ccccc1)S(=O)(=O)c1cccc(C(=O)N(Cc2cccs2)CC2CCCO2)c1. The lowest BCUT2D eigenvalue weighted by Crippen LogP contribution is -2.37. The van der Waals surface area contributed by atoms with Crippen LogP contribution in [0.15, 0.2) is 77.0 Å². The molecule has 6 nitrogen and oxygen atoms in total. The van der Waals surface area contributed by atoms with Gasteiger partial charge in [0.2, 0.25) is 0 Å². The second-order valence-corrected chi connectivity index (χ2v) is 10.8. The van der Waals surface area contributed by atoms with Crippen LogP contribution >= 0.6 is 11.3 Å². The molecule has 174 valence electrons. The zero-order valence-electron chi connectivity index (χ0n) is 18.6. The van der Waals surface area contributed by atoms with Crippen LogP contribution in [0.4, 0.5) is 5.69 Å². The number of ether oxygens (including phenoxy) is 1. The van der Waals surface area contributed by atoms with Crippen molar-refractivity contribution in [3.8, 4) is 0 Å². The summed E-state index contributed by atoms with van der Waals surface area (Å²) in [6.07, 6.45) is 1.92. The maximum atomic E-state index is 13.5. The summed E-state index contributed by atoms with van der Waals surface area (Å²) in [7, 11) is -3.82. The molecule has 0 saturated carbocycles. The molecule has 0 radical (unpaired) electrons. The second kappa shape index (κ2) is 10.5. The lowest BCUT2D eigenvalue weighted by molar-refractivity contribution is 0.0509. The van der Waals surface area contributed by atoms with Gasteiger partial charge < -0.3 is 9.64 Å². The Hall–Kier alpha value is -2.68. The van der Waals surface area contributed by atoms with Gasteiger partial charge in [-0.05, 0) is 61.5 Å². The Kier molecular flexibility index (Phi) is 7.47. The molecular formula is C25H28N2O4S2. The standard InChI is InChI=1S/C25H28N2O4S2/c1-2-27(21-10-4-3-5-11-21)33(29,30)24-14-6-9-20(17-24)25(28)26(18-22-12-7-15-31-22)19-23-13-8-16-32-23/h3-6,8-11,13-14,16-17,22H,2,7,12,15,18-19H2,1H3. The van der Waals surface area contributed by atoms with Crippen LogP contribution in [0.3, 0.4) is 0 Å². The van der Waals surface area contributed by atoms with Gasteiger partial charge in [-0.2, -0.15) is 0 Å². The predicted octanol–water partition coefficient (Wildman–Crippen LogP) is 4.78. The van der Waals surface area contributed by atoms with E-state index in [4.69, 9.17) is 4.74 Å². The first-order chi connectivity index (χ1) is 16.0. The minimum atomic E-state index is -3.82. The van der Waals surface area contributed by atoms with Crippen molar-refractivity contribution in [1.82, 2.24) is 4.90 Å². The molecule has 33 heavy (non-hydrogen) atoms. The number of benzene rings is 2. The van der Waals surface area contributed by atoms with Crippen molar-refractivity contribution in [3.63, 3.8) is 0 Å². The Balaban J connectivity index is 1.62. The van der Waals surface area contributed by atoms with E-state index in [9.17, 15) is 13.2 Å². The Morgan fingerprint density at radius 3 is 2.58 bits per heavy atom. The van der Waals surface area contributed by atoms with E-state index in [1.807, 2.05) is 23.6 Å². The number of thiophene rings is 1. The Bertz CT molecular complexity index is 1160. The van der Waals surface area contributed by atoms with Crippen LogP contribution in [-0.4, -0.2) is 45.0 Å². The molecule has 2 aromatic carbocycles. The van der Waals surface area contributed by atoms with Crippen LogP contribution in [0, 0.1) is 0 Å². The predicted molar refractivity (Wildman–Crippen MR) is 131 cm³/mol.